The number of benzene rings is 1. The number of hydrogen-bond acceptors (Lipinski definition) is 2. The summed E-state index contributed by atoms with van der Waals surface area (Å²) in [5.74, 6) is 0. The molecule has 0 spiro atoms. The average Bonchev–Trinajstić information content (AvgIpc) is 2.25. The molecule has 1 aromatic rings. The van der Waals surface area contributed by atoms with E-state index in [1.54, 1.807) is 6.07 Å². The zero-order valence-corrected chi connectivity index (χ0v) is 11.1. The van der Waals surface area contributed by atoms with Gasteiger partial charge in [0.1, 0.15) is 0 Å². The Bertz CT molecular complexity index is 329. The number of rotatable bonds is 6. The van der Waals surface area contributed by atoms with E-state index in [1.807, 2.05) is 12.1 Å². The Labute approximate surface area is 107 Å². The fourth-order valence-corrected chi connectivity index (χ4v) is 2.12. The summed E-state index contributed by atoms with van der Waals surface area (Å²) in [6.45, 7) is 4.60. The maximum atomic E-state index is 6.17. The maximum Gasteiger partial charge on any atom is 0.0654 e. The van der Waals surface area contributed by atoms with Gasteiger partial charge >= 0.3 is 0 Å². The van der Waals surface area contributed by atoms with Gasteiger partial charge in [-0.3, -0.25) is 0 Å². The van der Waals surface area contributed by atoms with Gasteiger partial charge in [0.15, 0.2) is 0 Å². The van der Waals surface area contributed by atoms with E-state index >= 15 is 0 Å². The lowest BCUT2D eigenvalue weighted by molar-refractivity contribution is 0.716. The van der Waals surface area contributed by atoms with Gasteiger partial charge < -0.3 is 10.6 Å². The number of unbranched alkanes of at least 4 members (excludes halogenated alkanes) is 1. The van der Waals surface area contributed by atoms with Crippen LogP contribution >= 0.6 is 23.2 Å². The topological polar surface area (TPSA) is 29.3 Å². The number of hydrogen-bond donors (Lipinski definition) is 1. The third-order valence-electron chi connectivity index (χ3n) is 2.43. The van der Waals surface area contributed by atoms with Crippen LogP contribution in [0, 0.1) is 0 Å². The van der Waals surface area contributed by atoms with E-state index in [1.165, 1.54) is 0 Å². The predicted molar refractivity (Wildman–Crippen MR) is 72.6 cm³/mol. The van der Waals surface area contributed by atoms with Crippen molar-refractivity contribution in [2.45, 2.75) is 19.8 Å². The van der Waals surface area contributed by atoms with Crippen LogP contribution in [0.15, 0.2) is 18.2 Å². The summed E-state index contributed by atoms with van der Waals surface area (Å²) in [5, 5.41) is 1.36. The van der Waals surface area contributed by atoms with Gasteiger partial charge in [0.25, 0.3) is 0 Å². The number of nitrogens with zero attached hydrogens (tertiary/aromatic N) is 1. The fraction of sp³-hybridized carbons (Fsp3) is 0.500. The van der Waals surface area contributed by atoms with Crippen molar-refractivity contribution in [3.05, 3.63) is 28.2 Å². The lowest BCUT2D eigenvalue weighted by atomic mass is 10.2. The molecule has 0 fully saturated rings. The van der Waals surface area contributed by atoms with Gasteiger partial charge in [-0.2, -0.15) is 0 Å². The average molecular weight is 261 g/mol. The second-order valence-corrected chi connectivity index (χ2v) is 4.57. The molecule has 0 unspecified atom stereocenters. The quantitative estimate of drug-likeness (QED) is 0.848. The third kappa shape index (κ3) is 3.85. The first kappa shape index (κ1) is 13.6. The van der Waals surface area contributed by atoms with Crippen molar-refractivity contribution in [1.82, 2.24) is 0 Å². The van der Waals surface area contributed by atoms with E-state index in [0.29, 0.717) is 16.6 Å². The summed E-state index contributed by atoms with van der Waals surface area (Å²) < 4.78 is 0. The molecule has 0 saturated heterocycles. The molecule has 0 radical (unpaired) electrons. The highest BCUT2D eigenvalue weighted by molar-refractivity contribution is 6.36. The molecule has 0 aromatic heterocycles. The second kappa shape index (κ2) is 7.00. The van der Waals surface area contributed by atoms with Gasteiger partial charge in [0.05, 0.1) is 10.7 Å². The Balaban J connectivity index is 2.82. The molecule has 0 aliphatic carbocycles. The minimum atomic E-state index is 0.628. The van der Waals surface area contributed by atoms with Gasteiger partial charge in [-0.25, -0.2) is 0 Å². The minimum Gasteiger partial charge on any atom is -0.369 e. The summed E-state index contributed by atoms with van der Waals surface area (Å²) in [6, 6.07) is 5.59. The molecule has 16 heavy (non-hydrogen) atoms. The van der Waals surface area contributed by atoms with E-state index in [9.17, 15) is 0 Å². The van der Waals surface area contributed by atoms with E-state index in [-0.39, 0.29) is 0 Å². The lowest BCUT2D eigenvalue weighted by Gasteiger charge is -2.25. The van der Waals surface area contributed by atoms with Crippen LogP contribution in [0.5, 0.6) is 0 Å². The Morgan fingerprint density at radius 3 is 2.56 bits per heavy atom. The fourth-order valence-electron chi connectivity index (χ4n) is 1.60. The van der Waals surface area contributed by atoms with Crippen LogP contribution in [-0.4, -0.2) is 19.6 Å². The Hall–Kier alpha value is -0.440. The SMILES string of the molecule is CCCCN(CCN)c1ccc(Cl)cc1Cl. The monoisotopic (exact) mass is 260 g/mol. The molecule has 1 rings (SSSR count). The van der Waals surface area contributed by atoms with E-state index in [2.05, 4.69) is 11.8 Å². The van der Waals surface area contributed by atoms with Crippen molar-refractivity contribution in [3.8, 4) is 0 Å². The molecule has 1 aromatic carbocycles. The standard InChI is InChI=1S/C12H18Cl2N2/c1-2-3-7-16(8-6-15)12-5-4-10(13)9-11(12)14/h4-5,9H,2-3,6-8,15H2,1H3. The second-order valence-electron chi connectivity index (χ2n) is 3.73. The van der Waals surface area contributed by atoms with Gasteiger partial charge in [0, 0.05) is 24.7 Å². The van der Waals surface area contributed by atoms with Gasteiger partial charge in [-0.15, -0.1) is 0 Å². The van der Waals surface area contributed by atoms with Crippen LogP contribution in [0.1, 0.15) is 19.8 Å². The maximum absolute atomic E-state index is 6.17. The van der Waals surface area contributed by atoms with Gasteiger partial charge in [-0.1, -0.05) is 36.5 Å². The van der Waals surface area contributed by atoms with Crippen molar-refractivity contribution in [3.63, 3.8) is 0 Å². The normalized spacial score (nSPS) is 10.5. The smallest absolute Gasteiger partial charge is 0.0654 e. The Morgan fingerprint density at radius 2 is 2.00 bits per heavy atom. The molecule has 0 amide bonds. The largest absolute Gasteiger partial charge is 0.369 e. The first-order chi connectivity index (χ1) is 7.69. The molecule has 2 N–H and O–H groups in total. The van der Waals surface area contributed by atoms with Crippen LogP contribution in [-0.2, 0) is 0 Å². The summed E-state index contributed by atoms with van der Waals surface area (Å²) in [6.07, 6.45) is 2.30. The Morgan fingerprint density at radius 1 is 1.25 bits per heavy atom. The van der Waals surface area contributed by atoms with Crippen LogP contribution in [0.25, 0.3) is 0 Å². The van der Waals surface area contributed by atoms with Gasteiger partial charge in [0.2, 0.25) is 0 Å². The zero-order valence-electron chi connectivity index (χ0n) is 9.55. The molecule has 90 valence electrons. The van der Waals surface area contributed by atoms with Crippen molar-refractivity contribution in [2.75, 3.05) is 24.5 Å². The molecular weight excluding hydrogens is 243 g/mol. The number of halogens is 2. The summed E-state index contributed by atoms with van der Waals surface area (Å²) in [7, 11) is 0. The molecule has 0 bridgehead atoms. The molecule has 0 saturated carbocycles. The summed E-state index contributed by atoms with van der Waals surface area (Å²) in [4.78, 5) is 2.21. The molecule has 0 aliphatic rings. The van der Waals surface area contributed by atoms with Crippen LogP contribution in [0.3, 0.4) is 0 Å². The van der Waals surface area contributed by atoms with E-state index in [4.69, 9.17) is 28.9 Å². The highest BCUT2D eigenvalue weighted by atomic mass is 35.5. The highest BCUT2D eigenvalue weighted by Gasteiger charge is 2.09. The van der Waals surface area contributed by atoms with Crippen molar-refractivity contribution in [2.24, 2.45) is 5.73 Å². The molecule has 0 aliphatic heterocycles. The molecule has 0 heterocycles. The number of nitrogens with two attached hydrogens (primary N) is 1. The summed E-state index contributed by atoms with van der Waals surface area (Å²) in [5.41, 5.74) is 6.63. The first-order valence-electron chi connectivity index (χ1n) is 5.59. The molecule has 2 nitrogen and oxygen atoms in total. The van der Waals surface area contributed by atoms with E-state index < -0.39 is 0 Å². The van der Waals surface area contributed by atoms with Crippen LogP contribution in [0.2, 0.25) is 10.0 Å². The number of anilines is 1. The molecule has 0 atom stereocenters. The van der Waals surface area contributed by atoms with Crippen molar-refractivity contribution in [1.29, 1.82) is 0 Å². The first-order valence-corrected chi connectivity index (χ1v) is 6.34. The highest BCUT2D eigenvalue weighted by Crippen LogP contribution is 2.28. The minimum absolute atomic E-state index is 0.628. The van der Waals surface area contributed by atoms with Crippen LogP contribution < -0.4 is 10.6 Å². The lowest BCUT2D eigenvalue weighted by Crippen LogP contribution is -2.30. The summed E-state index contributed by atoms with van der Waals surface area (Å²) >= 11 is 12.0. The molecule has 4 heteroatoms. The Kier molecular flexibility index (Phi) is 5.96. The van der Waals surface area contributed by atoms with Crippen molar-refractivity contribution < 1.29 is 0 Å². The van der Waals surface area contributed by atoms with E-state index in [0.717, 1.165) is 31.6 Å². The van der Waals surface area contributed by atoms with Crippen LogP contribution in [0.4, 0.5) is 5.69 Å². The third-order valence-corrected chi connectivity index (χ3v) is 2.97. The van der Waals surface area contributed by atoms with Crippen molar-refractivity contribution >= 4 is 28.9 Å². The van der Waals surface area contributed by atoms with Gasteiger partial charge in [-0.05, 0) is 24.6 Å². The predicted octanol–water partition coefficient (Wildman–Crippen LogP) is 3.56. The molecular formula is C12H18Cl2N2. The zero-order chi connectivity index (χ0) is 12.0.